The van der Waals surface area contributed by atoms with Gasteiger partial charge in [0.2, 0.25) is 0 Å². The van der Waals surface area contributed by atoms with Crippen LogP contribution in [0.15, 0.2) is 48.5 Å². The van der Waals surface area contributed by atoms with Gasteiger partial charge in [0, 0.05) is 28.1 Å². The summed E-state index contributed by atoms with van der Waals surface area (Å²) in [5, 5.41) is 12.6. The van der Waals surface area contributed by atoms with Gasteiger partial charge in [0.1, 0.15) is 17.2 Å². The van der Waals surface area contributed by atoms with Crippen LogP contribution in [0.2, 0.25) is 46.3 Å². The Morgan fingerprint density at radius 1 is 0.800 bits per heavy atom. The van der Waals surface area contributed by atoms with Gasteiger partial charge in [-0.25, -0.2) is 4.79 Å². The summed E-state index contributed by atoms with van der Waals surface area (Å²) in [6, 6.07) is 21.3. The van der Waals surface area contributed by atoms with E-state index in [9.17, 15) is 9.90 Å². The van der Waals surface area contributed by atoms with Gasteiger partial charge >= 0.3 is 5.97 Å². The zero-order valence-electron chi connectivity index (χ0n) is 24.4. The molecule has 0 amide bonds. The van der Waals surface area contributed by atoms with Gasteiger partial charge in [0.05, 0.1) is 18.7 Å². The minimum atomic E-state index is -2.00. The largest absolute Gasteiger partial charge is 0.542 e. The predicted molar refractivity (Wildman–Crippen MR) is 172 cm³/mol. The lowest BCUT2D eigenvalue weighted by Gasteiger charge is -2.35. The normalized spacial score (nSPS) is 14.8. The fraction of sp³-hybridized carbons (Fsp3) is 0.406. The van der Waals surface area contributed by atoms with Crippen molar-refractivity contribution < 1.29 is 19.1 Å². The van der Waals surface area contributed by atoms with Gasteiger partial charge < -0.3 is 14.3 Å². The van der Waals surface area contributed by atoms with Crippen molar-refractivity contribution in [2.24, 2.45) is 0 Å². The fourth-order valence-electron chi connectivity index (χ4n) is 6.32. The van der Waals surface area contributed by atoms with E-state index in [0.29, 0.717) is 22.1 Å². The second-order valence-corrected chi connectivity index (χ2v) is 21.5. The van der Waals surface area contributed by atoms with Gasteiger partial charge in [-0.3, -0.25) is 0 Å². The quantitative estimate of drug-likeness (QED) is 0.171. The van der Waals surface area contributed by atoms with Crippen LogP contribution in [-0.4, -0.2) is 27.5 Å². The standard InChI is InChI=1S/C32H40Cl2O4Si2/c1-7-39(8-2,9-3)30-20-28-24(18-26(30)34)31(21-15-13-14-16-22(21)32(35)36)23-17-25(33)29(19-27(23)37-28)38-40(10-4,11-5)12-6/h13-20,31H,7-12H2,1-6H3,(H,35,36). The van der Waals surface area contributed by atoms with E-state index >= 15 is 0 Å². The molecule has 0 fully saturated rings. The minimum Gasteiger partial charge on any atom is -0.542 e. The van der Waals surface area contributed by atoms with E-state index in [4.69, 9.17) is 32.4 Å². The molecule has 0 aliphatic carbocycles. The molecular weight excluding hydrogens is 575 g/mol. The molecule has 4 rings (SSSR count). The van der Waals surface area contributed by atoms with E-state index in [0.717, 1.165) is 58.2 Å². The predicted octanol–water partition coefficient (Wildman–Crippen LogP) is 10.1. The van der Waals surface area contributed by atoms with E-state index in [1.807, 2.05) is 30.3 Å². The Bertz CT molecular complexity index is 1380. The molecule has 3 aromatic carbocycles. The molecule has 1 N–H and O–H groups in total. The molecule has 3 aromatic rings. The Balaban J connectivity index is 1.99. The number of hydrogen-bond donors (Lipinski definition) is 1. The number of ether oxygens (including phenoxy) is 1. The summed E-state index contributed by atoms with van der Waals surface area (Å²) >= 11 is 14.0. The summed E-state index contributed by atoms with van der Waals surface area (Å²) < 4.78 is 13.4. The van der Waals surface area contributed by atoms with Crippen LogP contribution >= 0.6 is 23.2 Å². The van der Waals surface area contributed by atoms with E-state index in [2.05, 4.69) is 47.6 Å². The van der Waals surface area contributed by atoms with Crippen LogP contribution in [0, 0.1) is 0 Å². The molecule has 1 aliphatic rings. The summed E-state index contributed by atoms with van der Waals surface area (Å²) in [6.45, 7) is 13.3. The molecule has 4 nitrogen and oxygen atoms in total. The SMILES string of the molecule is CC[Si](CC)(CC)Oc1cc2c(cc1Cl)C(c1ccccc1C(=O)O)c1cc(Cl)c([Si](CC)(CC)CC)cc1O2. The minimum absolute atomic E-state index is 0.247. The molecular formula is C32H40Cl2O4Si2. The van der Waals surface area contributed by atoms with Gasteiger partial charge in [-0.15, -0.1) is 0 Å². The first kappa shape index (κ1) is 30.7. The lowest BCUT2D eigenvalue weighted by atomic mass is 9.80. The molecule has 0 bridgehead atoms. The number of carboxylic acids is 1. The highest BCUT2D eigenvalue weighted by atomic mass is 35.5. The Labute approximate surface area is 250 Å². The third-order valence-corrected chi connectivity index (χ3v) is 20.3. The highest BCUT2D eigenvalue weighted by Crippen LogP contribution is 2.51. The second-order valence-electron chi connectivity index (χ2n) is 10.8. The first-order valence-corrected chi connectivity index (χ1v) is 20.4. The highest BCUT2D eigenvalue weighted by molar-refractivity contribution is 6.93. The third-order valence-electron chi connectivity index (χ3n) is 9.37. The summed E-state index contributed by atoms with van der Waals surface area (Å²) in [5.41, 5.74) is 2.59. The fourth-order valence-corrected chi connectivity index (χ4v) is 13.6. The zero-order valence-corrected chi connectivity index (χ0v) is 27.9. The van der Waals surface area contributed by atoms with Crippen molar-refractivity contribution in [3.8, 4) is 17.2 Å². The smallest absolute Gasteiger partial charge is 0.335 e. The van der Waals surface area contributed by atoms with Gasteiger partial charge in [0.15, 0.2) is 0 Å². The summed E-state index contributed by atoms with van der Waals surface area (Å²) in [6.07, 6.45) is 0. The van der Waals surface area contributed by atoms with Crippen molar-refractivity contribution in [3.05, 3.63) is 80.8 Å². The number of hydrogen-bond acceptors (Lipinski definition) is 3. The Kier molecular flexibility index (Phi) is 9.45. The van der Waals surface area contributed by atoms with Gasteiger partial charge in [-0.2, -0.15) is 0 Å². The number of carboxylic acid groups (broad SMARTS) is 1. The summed E-state index contributed by atoms with van der Waals surface area (Å²) in [7, 11) is -3.83. The first-order valence-electron chi connectivity index (χ1n) is 14.5. The Morgan fingerprint density at radius 2 is 1.35 bits per heavy atom. The molecule has 1 atom stereocenters. The molecule has 0 saturated heterocycles. The molecule has 214 valence electrons. The van der Waals surface area contributed by atoms with Crippen LogP contribution in [0.5, 0.6) is 17.2 Å². The lowest BCUT2D eigenvalue weighted by Crippen LogP contribution is -2.46. The maximum absolute atomic E-state index is 12.3. The van der Waals surface area contributed by atoms with Crippen LogP contribution < -0.4 is 14.3 Å². The Morgan fingerprint density at radius 3 is 1.90 bits per heavy atom. The molecule has 8 heteroatoms. The first-order chi connectivity index (χ1) is 19.1. The average Bonchev–Trinajstić information content (AvgIpc) is 2.97. The topological polar surface area (TPSA) is 55.8 Å². The number of carbonyl (C=O) groups is 1. The molecule has 0 spiro atoms. The molecule has 1 heterocycles. The van der Waals surface area contributed by atoms with Crippen molar-refractivity contribution in [2.75, 3.05) is 0 Å². The van der Waals surface area contributed by atoms with E-state index in [-0.39, 0.29) is 5.56 Å². The molecule has 0 aromatic heterocycles. The zero-order chi connectivity index (χ0) is 29.2. The summed E-state index contributed by atoms with van der Waals surface area (Å²) in [5.74, 6) is 0.629. The van der Waals surface area contributed by atoms with Crippen molar-refractivity contribution in [1.29, 1.82) is 0 Å². The molecule has 0 saturated carbocycles. The molecule has 1 aliphatic heterocycles. The van der Waals surface area contributed by atoms with Crippen LogP contribution in [0.4, 0.5) is 0 Å². The van der Waals surface area contributed by atoms with Crippen molar-refractivity contribution in [3.63, 3.8) is 0 Å². The number of rotatable bonds is 11. The monoisotopic (exact) mass is 614 g/mol. The second kappa shape index (κ2) is 12.3. The van der Waals surface area contributed by atoms with Crippen LogP contribution in [0.25, 0.3) is 0 Å². The molecule has 0 radical (unpaired) electrons. The van der Waals surface area contributed by atoms with Crippen LogP contribution in [0.3, 0.4) is 0 Å². The number of halogens is 2. The van der Waals surface area contributed by atoms with Gasteiger partial charge in [-0.1, -0.05) is 101 Å². The van der Waals surface area contributed by atoms with E-state index < -0.39 is 28.3 Å². The average molecular weight is 616 g/mol. The number of aromatic carboxylic acids is 1. The van der Waals surface area contributed by atoms with Crippen molar-refractivity contribution >= 4 is 50.7 Å². The maximum Gasteiger partial charge on any atom is 0.335 e. The van der Waals surface area contributed by atoms with Crippen LogP contribution in [0.1, 0.15) is 74.5 Å². The van der Waals surface area contributed by atoms with E-state index in [1.54, 1.807) is 12.1 Å². The van der Waals surface area contributed by atoms with E-state index in [1.165, 1.54) is 5.19 Å². The molecule has 1 unspecified atom stereocenters. The third kappa shape index (κ3) is 5.36. The Hall–Kier alpha value is -2.26. The van der Waals surface area contributed by atoms with Gasteiger partial charge in [-0.05, 0) is 53.1 Å². The highest BCUT2D eigenvalue weighted by Gasteiger charge is 2.38. The summed E-state index contributed by atoms with van der Waals surface area (Å²) in [4.78, 5) is 12.3. The van der Waals surface area contributed by atoms with Crippen LogP contribution in [-0.2, 0) is 0 Å². The molecule has 40 heavy (non-hydrogen) atoms. The number of benzene rings is 3. The lowest BCUT2D eigenvalue weighted by molar-refractivity contribution is 0.0695. The van der Waals surface area contributed by atoms with Crippen molar-refractivity contribution in [1.82, 2.24) is 0 Å². The maximum atomic E-state index is 12.3. The van der Waals surface area contributed by atoms with Gasteiger partial charge in [0.25, 0.3) is 8.32 Å². The number of fused-ring (bicyclic) bond motifs is 2. The van der Waals surface area contributed by atoms with Crippen molar-refractivity contribution in [2.45, 2.75) is 83.7 Å².